The van der Waals surface area contributed by atoms with Gasteiger partial charge in [-0.05, 0) is 30.3 Å². The Kier molecular flexibility index (Phi) is 3.84. The molecule has 0 amide bonds. The Morgan fingerprint density at radius 1 is 1.05 bits per heavy atom. The zero-order chi connectivity index (χ0) is 15.6. The zero-order valence-corrected chi connectivity index (χ0v) is 10.5. The Labute approximate surface area is 117 Å². The lowest BCUT2D eigenvalue weighted by molar-refractivity contribution is -0.137. The van der Waals surface area contributed by atoms with E-state index in [-0.39, 0.29) is 11.5 Å². The Morgan fingerprint density at radius 3 is 2.29 bits per heavy atom. The highest BCUT2D eigenvalue weighted by Gasteiger charge is 2.34. The fourth-order valence-electron chi connectivity index (χ4n) is 1.72. The van der Waals surface area contributed by atoms with Crippen molar-refractivity contribution in [3.63, 3.8) is 0 Å². The molecule has 2 aromatic rings. The number of nitrogen functional groups attached to an aromatic ring is 1. The van der Waals surface area contributed by atoms with Gasteiger partial charge < -0.3 is 10.5 Å². The first kappa shape index (κ1) is 14.8. The van der Waals surface area contributed by atoms with E-state index in [1.165, 1.54) is 24.3 Å². The summed E-state index contributed by atoms with van der Waals surface area (Å²) in [6, 6.07) is 8.02. The topological polar surface area (TPSA) is 59.1 Å². The average Bonchev–Trinajstić information content (AvgIpc) is 2.37. The molecule has 7 heteroatoms. The van der Waals surface area contributed by atoms with Crippen LogP contribution in [0.4, 0.5) is 17.6 Å². The normalized spacial score (nSPS) is 11.2. The van der Waals surface area contributed by atoms with E-state index in [1.54, 1.807) is 0 Å². The molecule has 0 radical (unpaired) electrons. The van der Waals surface area contributed by atoms with Crippen LogP contribution in [-0.4, -0.2) is 5.84 Å². The van der Waals surface area contributed by atoms with E-state index in [2.05, 4.69) is 0 Å². The molecule has 110 valence electrons. The monoisotopic (exact) mass is 298 g/mol. The van der Waals surface area contributed by atoms with E-state index in [9.17, 15) is 17.6 Å². The molecule has 21 heavy (non-hydrogen) atoms. The maximum absolute atomic E-state index is 13.0. The molecule has 0 aliphatic carbocycles. The molecule has 0 saturated carbocycles. The fourth-order valence-corrected chi connectivity index (χ4v) is 1.72. The smallest absolute Gasteiger partial charge is 0.417 e. The standard InChI is InChI=1S/C14H10F4N2O/c15-8-2-1-3-9(6-8)21-10-4-5-11(13(19)20)12(7-10)14(16,17)18/h1-7H,(H3,19,20). The van der Waals surface area contributed by atoms with Crippen molar-refractivity contribution in [3.05, 3.63) is 59.4 Å². The van der Waals surface area contributed by atoms with Crippen LogP contribution in [0.3, 0.4) is 0 Å². The van der Waals surface area contributed by atoms with Gasteiger partial charge in [0.25, 0.3) is 0 Å². The molecule has 0 heterocycles. The lowest BCUT2D eigenvalue weighted by atomic mass is 10.1. The summed E-state index contributed by atoms with van der Waals surface area (Å²) >= 11 is 0. The third-order valence-corrected chi connectivity index (χ3v) is 2.62. The van der Waals surface area contributed by atoms with Crippen LogP contribution in [0.25, 0.3) is 0 Å². The summed E-state index contributed by atoms with van der Waals surface area (Å²) in [5.41, 5.74) is 3.61. The number of amidine groups is 1. The molecule has 2 rings (SSSR count). The van der Waals surface area contributed by atoms with Gasteiger partial charge in [0, 0.05) is 11.6 Å². The van der Waals surface area contributed by atoms with Crippen molar-refractivity contribution in [2.24, 2.45) is 5.73 Å². The number of nitrogens with one attached hydrogen (secondary N) is 1. The van der Waals surface area contributed by atoms with Gasteiger partial charge in [0.2, 0.25) is 0 Å². The third-order valence-electron chi connectivity index (χ3n) is 2.62. The van der Waals surface area contributed by atoms with Crippen LogP contribution < -0.4 is 10.5 Å². The van der Waals surface area contributed by atoms with Gasteiger partial charge in [0.15, 0.2) is 0 Å². The van der Waals surface area contributed by atoms with Gasteiger partial charge in [-0.3, -0.25) is 5.41 Å². The Bertz CT molecular complexity index is 683. The molecule has 0 atom stereocenters. The number of hydrogen-bond donors (Lipinski definition) is 2. The van der Waals surface area contributed by atoms with Crippen molar-refractivity contribution in [1.82, 2.24) is 0 Å². The number of rotatable bonds is 3. The number of alkyl halides is 3. The predicted octanol–water partition coefficient (Wildman–Crippen LogP) is 3.92. The highest BCUT2D eigenvalue weighted by atomic mass is 19.4. The first-order valence-corrected chi connectivity index (χ1v) is 5.76. The fraction of sp³-hybridized carbons (Fsp3) is 0.0714. The van der Waals surface area contributed by atoms with Crippen LogP contribution in [0.15, 0.2) is 42.5 Å². The van der Waals surface area contributed by atoms with Gasteiger partial charge >= 0.3 is 6.18 Å². The van der Waals surface area contributed by atoms with Crippen molar-refractivity contribution in [2.45, 2.75) is 6.18 Å². The first-order valence-electron chi connectivity index (χ1n) is 5.76. The summed E-state index contributed by atoms with van der Waals surface area (Å²) < 4.78 is 57.0. The molecule has 0 saturated heterocycles. The van der Waals surface area contributed by atoms with Crippen LogP contribution in [0, 0.1) is 11.2 Å². The number of halogens is 4. The highest BCUT2D eigenvalue weighted by molar-refractivity contribution is 5.96. The van der Waals surface area contributed by atoms with Gasteiger partial charge in [-0.1, -0.05) is 6.07 Å². The summed E-state index contributed by atoms with van der Waals surface area (Å²) in [6.07, 6.45) is -4.68. The molecule has 0 aliphatic rings. The Balaban J connectivity index is 2.40. The van der Waals surface area contributed by atoms with Crippen LogP contribution >= 0.6 is 0 Å². The van der Waals surface area contributed by atoms with Crippen molar-refractivity contribution in [1.29, 1.82) is 5.41 Å². The first-order chi connectivity index (χ1) is 9.77. The molecule has 0 aromatic heterocycles. The SMILES string of the molecule is N=C(N)c1ccc(Oc2cccc(F)c2)cc1C(F)(F)F. The summed E-state index contributed by atoms with van der Waals surface area (Å²) in [6.45, 7) is 0. The van der Waals surface area contributed by atoms with Crippen molar-refractivity contribution >= 4 is 5.84 Å². The summed E-state index contributed by atoms with van der Waals surface area (Å²) in [5, 5.41) is 7.16. The maximum Gasteiger partial charge on any atom is 0.417 e. The van der Waals surface area contributed by atoms with Gasteiger partial charge in [-0.15, -0.1) is 0 Å². The molecule has 0 fully saturated rings. The maximum atomic E-state index is 13.0. The van der Waals surface area contributed by atoms with Crippen molar-refractivity contribution < 1.29 is 22.3 Å². The molecular formula is C14H10F4N2O. The van der Waals surface area contributed by atoms with E-state index in [0.717, 1.165) is 18.2 Å². The largest absolute Gasteiger partial charge is 0.457 e. The summed E-state index contributed by atoms with van der Waals surface area (Å²) in [4.78, 5) is 0. The van der Waals surface area contributed by atoms with E-state index in [1.807, 2.05) is 0 Å². The lowest BCUT2D eigenvalue weighted by Crippen LogP contribution is -2.18. The van der Waals surface area contributed by atoms with Crippen LogP contribution in [-0.2, 0) is 6.18 Å². The van der Waals surface area contributed by atoms with Gasteiger partial charge in [-0.25, -0.2) is 4.39 Å². The molecule has 3 N–H and O–H groups in total. The third kappa shape index (κ3) is 3.50. The quantitative estimate of drug-likeness (QED) is 0.512. The van der Waals surface area contributed by atoms with Crippen LogP contribution in [0.1, 0.15) is 11.1 Å². The molecule has 0 bridgehead atoms. The van der Waals surface area contributed by atoms with E-state index >= 15 is 0 Å². The van der Waals surface area contributed by atoms with Crippen molar-refractivity contribution in [3.8, 4) is 11.5 Å². The second kappa shape index (κ2) is 5.43. The van der Waals surface area contributed by atoms with Gasteiger partial charge in [0.1, 0.15) is 23.2 Å². The van der Waals surface area contributed by atoms with Gasteiger partial charge in [-0.2, -0.15) is 13.2 Å². The van der Waals surface area contributed by atoms with Crippen LogP contribution in [0.2, 0.25) is 0 Å². The lowest BCUT2D eigenvalue weighted by Gasteiger charge is -2.14. The molecule has 2 aromatic carbocycles. The minimum atomic E-state index is -4.68. The predicted molar refractivity (Wildman–Crippen MR) is 68.9 cm³/mol. The molecule has 0 aliphatic heterocycles. The second-order valence-corrected chi connectivity index (χ2v) is 4.18. The van der Waals surface area contributed by atoms with Gasteiger partial charge in [0.05, 0.1) is 5.56 Å². The van der Waals surface area contributed by atoms with E-state index in [0.29, 0.717) is 0 Å². The highest BCUT2D eigenvalue weighted by Crippen LogP contribution is 2.35. The Hall–Kier alpha value is -2.57. The Morgan fingerprint density at radius 2 is 1.71 bits per heavy atom. The van der Waals surface area contributed by atoms with E-state index in [4.69, 9.17) is 15.9 Å². The average molecular weight is 298 g/mol. The minimum absolute atomic E-state index is 0.0682. The second-order valence-electron chi connectivity index (χ2n) is 4.18. The molecular weight excluding hydrogens is 288 g/mol. The molecule has 0 spiro atoms. The van der Waals surface area contributed by atoms with Crippen molar-refractivity contribution in [2.75, 3.05) is 0 Å². The zero-order valence-electron chi connectivity index (χ0n) is 10.5. The number of hydrogen-bond acceptors (Lipinski definition) is 2. The summed E-state index contributed by atoms with van der Waals surface area (Å²) in [7, 11) is 0. The summed E-state index contributed by atoms with van der Waals surface area (Å²) in [5.74, 6) is -1.32. The number of benzene rings is 2. The molecule has 3 nitrogen and oxygen atoms in total. The number of ether oxygens (including phenoxy) is 1. The number of nitrogens with two attached hydrogens (primary N) is 1. The minimum Gasteiger partial charge on any atom is -0.457 e. The van der Waals surface area contributed by atoms with E-state index < -0.39 is 29.0 Å². The van der Waals surface area contributed by atoms with Crippen LogP contribution in [0.5, 0.6) is 11.5 Å². The molecule has 0 unspecified atom stereocenters.